The van der Waals surface area contributed by atoms with Crippen LogP contribution in [0.1, 0.15) is 31.2 Å². The predicted octanol–water partition coefficient (Wildman–Crippen LogP) is 3.01. The Kier molecular flexibility index (Phi) is 5.08. The van der Waals surface area contributed by atoms with Gasteiger partial charge < -0.3 is 10.1 Å². The first-order chi connectivity index (χ1) is 8.74. The quantitative estimate of drug-likeness (QED) is 0.817. The summed E-state index contributed by atoms with van der Waals surface area (Å²) in [7, 11) is 0. The molecule has 100 valence electrons. The predicted molar refractivity (Wildman–Crippen MR) is 66.3 cm³/mol. The number of nitrogens with one attached hydrogen (secondary N) is 1. The van der Waals surface area contributed by atoms with E-state index in [2.05, 4.69) is 5.32 Å². The molecule has 2 nitrogen and oxygen atoms in total. The summed E-state index contributed by atoms with van der Waals surface area (Å²) in [6.45, 7) is 1.97. The van der Waals surface area contributed by atoms with E-state index >= 15 is 0 Å². The van der Waals surface area contributed by atoms with Gasteiger partial charge in [-0.15, -0.1) is 0 Å². The highest BCUT2D eigenvalue weighted by atomic mass is 19.1. The minimum Gasteiger partial charge on any atom is -0.377 e. The second-order valence-corrected chi connectivity index (χ2v) is 4.77. The molecule has 1 fully saturated rings. The molecule has 0 aliphatic carbocycles. The summed E-state index contributed by atoms with van der Waals surface area (Å²) in [4.78, 5) is 0. The summed E-state index contributed by atoms with van der Waals surface area (Å²) in [5.74, 6) is -1.11. The van der Waals surface area contributed by atoms with Gasteiger partial charge in [0.05, 0.1) is 6.61 Å². The molecule has 0 bridgehead atoms. The third-order valence-electron chi connectivity index (χ3n) is 3.21. The Morgan fingerprint density at radius 2 is 1.94 bits per heavy atom. The maximum Gasteiger partial charge on any atom is 0.126 e. The molecular formula is C14H19F2NO. The molecule has 18 heavy (non-hydrogen) atoms. The van der Waals surface area contributed by atoms with Crippen LogP contribution >= 0.6 is 0 Å². The molecule has 0 saturated carbocycles. The first-order valence-corrected chi connectivity index (χ1v) is 6.50. The lowest BCUT2D eigenvalue weighted by Crippen LogP contribution is -2.34. The van der Waals surface area contributed by atoms with E-state index in [1.807, 2.05) is 0 Å². The average molecular weight is 255 g/mol. The van der Waals surface area contributed by atoms with Gasteiger partial charge in [-0.05, 0) is 43.5 Å². The van der Waals surface area contributed by atoms with Gasteiger partial charge in [0.15, 0.2) is 0 Å². The van der Waals surface area contributed by atoms with Gasteiger partial charge in [-0.2, -0.15) is 0 Å². The third-order valence-corrected chi connectivity index (χ3v) is 3.21. The molecule has 0 spiro atoms. The van der Waals surface area contributed by atoms with Crippen molar-refractivity contribution in [3.05, 3.63) is 35.4 Å². The van der Waals surface area contributed by atoms with E-state index < -0.39 is 11.6 Å². The second kappa shape index (κ2) is 6.81. The monoisotopic (exact) mass is 255 g/mol. The fourth-order valence-corrected chi connectivity index (χ4v) is 2.28. The number of rotatable bonds is 5. The smallest absolute Gasteiger partial charge is 0.126 e. The molecular weight excluding hydrogens is 236 g/mol. The SMILES string of the molecule is Fc1cc(F)cc(COCCC2CCCCN2)c1. The molecule has 1 aliphatic rings. The fraction of sp³-hybridized carbons (Fsp3) is 0.571. The van der Waals surface area contributed by atoms with Crippen LogP contribution in [0.4, 0.5) is 8.78 Å². The number of hydrogen-bond acceptors (Lipinski definition) is 2. The van der Waals surface area contributed by atoms with Crippen molar-refractivity contribution in [1.29, 1.82) is 0 Å². The van der Waals surface area contributed by atoms with Crippen LogP contribution in [0, 0.1) is 11.6 Å². The third kappa shape index (κ3) is 4.35. The zero-order valence-corrected chi connectivity index (χ0v) is 10.4. The molecule has 1 unspecified atom stereocenters. The lowest BCUT2D eigenvalue weighted by Gasteiger charge is -2.23. The summed E-state index contributed by atoms with van der Waals surface area (Å²) in [5, 5.41) is 3.44. The van der Waals surface area contributed by atoms with Crippen molar-refractivity contribution in [2.24, 2.45) is 0 Å². The lowest BCUT2D eigenvalue weighted by atomic mass is 10.0. The molecule has 1 aromatic carbocycles. The highest BCUT2D eigenvalue weighted by Crippen LogP contribution is 2.12. The minimum absolute atomic E-state index is 0.265. The van der Waals surface area contributed by atoms with Gasteiger partial charge in [0.25, 0.3) is 0 Å². The normalized spacial score (nSPS) is 20.0. The number of hydrogen-bond donors (Lipinski definition) is 1. The van der Waals surface area contributed by atoms with Gasteiger partial charge in [-0.1, -0.05) is 6.42 Å². The molecule has 1 N–H and O–H groups in total. The van der Waals surface area contributed by atoms with Gasteiger partial charge in [0.2, 0.25) is 0 Å². The van der Waals surface area contributed by atoms with Crippen LogP contribution in [0.5, 0.6) is 0 Å². The second-order valence-electron chi connectivity index (χ2n) is 4.77. The Labute approximate surface area is 106 Å². The number of halogens is 2. The minimum atomic E-state index is -0.553. The summed E-state index contributed by atoms with van der Waals surface area (Å²) >= 11 is 0. The van der Waals surface area contributed by atoms with E-state index in [-0.39, 0.29) is 6.61 Å². The van der Waals surface area contributed by atoms with Crippen molar-refractivity contribution >= 4 is 0 Å². The molecule has 0 radical (unpaired) electrons. The van der Waals surface area contributed by atoms with E-state index in [9.17, 15) is 8.78 Å². The summed E-state index contributed by atoms with van der Waals surface area (Å²) in [6, 6.07) is 4.02. The van der Waals surface area contributed by atoms with Crippen molar-refractivity contribution in [2.45, 2.75) is 38.3 Å². The van der Waals surface area contributed by atoms with Crippen LogP contribution in [0.25, 0.3) is 0 Å². The van der Waals surface area contributed by atoms with E-state index in [4.69, 9.17) is 4.74 Å². The van der Waals surface area contributed by atoms with Crippen LogP contribution in [0.3, 0.4) is 0 Å². The first-order valence-electron chi connectivity index (χ1n) is 6.50. The molecule has 1 aliphatic heterocycles. The topological polar surface area (TPSA) is 21.3 Å². The van der Waals surface area contributed by atoms with E-state index in [0.717, 1.165) is 19.0 Å². The summed E-state index contributed by atoms with van der Waals surface area (Å²) in [6.07, 6.45) is 4.67. The van der Waals surface area contributed by atoms with Crippen molar-refractivity contribution in [1.82, 2.24) is 5.32 Å². The molecule has 2 rings (SSSR count). The van der Waals surface area contributed by atoms with Gasteiger partial charge in [0.1, 0.15) is 11.6 Å². The van der Waals surface area contributed by atoms with E-state index in [0.29, 0.717) is 18.2 Å². The fourth-order valence-electron chi connectivity index (χ4n) is 2.28. The Morgan fingerprint density at radius 3 is 2.61 bits per heavy atom. The molecule has 1 atom stereocenters. The molecule has 1 saturated heterocycles. The van der Waals surface area contributed by atoms with Crippen LogP contribution in [-0.2, 0) is 11.3 Å². The van der Waals surface area contributed by atoms with Gasteiger partial charge in [-0.25, -0.2) is 8.78 Å². The highest BCUT2D eigenvalue weighted by Gasteiger charge is 2.11. The van der Waals surface area contributed by atoms with Crippen LogP contribution in [0.2, 0.25) is 0 Å². The summed E-state index contributed by atoms with van der Waals surface area (Å²) in [5.41, 5.74) is 0.545. The van der Waals surface area contributed by atoms with Gasteiger partial charge in [0, 0.05) is 18.7 Å². The zero-order valence-electron chi connectivity index (χ0n) is 10.4. The number of piperidine rings is 1. The van der Waals surface area contributed by atoms with Crippen LogP contribution in [-0.4, -0.2) is 19.2 Å². The standard InChI is InChI=1S/C14H19F2NO/c15-12-7-11(8-13(16)9-12)10-18-6-4-14-3-1-2-5-17-14/h7-9,14,17H,1-6,10H2. The number of ether oxygens (including phenoxy) is 1. The highest BCUT2D eigenvalue weighted by molar-refractivity contribution is 5.16. The van der Waals surface area contributed by atoms with Gasteiger partial charge >= 0.3 is 0 Å². The molecule has 4 heteroatoms. The maximum atomic E-state index is 12.9. The lowest BCUT2D eigenvalue weighted by molar-refractivity contribution is 0.108. The Bertz CT molecular complexity index is 358. The van der Waals surface area contributed by atoms with Crippen molar-refractivity contribution in [3.8, 4) is 0 Å². The van der Waals surface area contributed by atoms with Crippen molar-refractivity contribution in [3.63, 3.8) is 0 Å². The maximum absolute atomic E-state index is 12.9. The van der Waals surface area contributed by atoms with Crippen molar-refractivity contribution in [2.75, 3.05) is 13.2 Å². The van der Waals surface area contributed by atoms with Crippen molar-refractivity contribution < 1.29 is 13.5 Å². The molecule has 0 aromatic heterocycles. The average Bonchev–Trinajstić information content (AvgIpc) is 2.35. The molecule has 1 aromatic rings. The number of benzene rings is 1. The van der Waals surface area contributed by atoms with E-state index in [1.165, 1.54) is 31.4 Å². The Hall–Kier alpha value is -1.00. The van der Waals surface area contributed by atoms with Crippen LogP contribution < -0.4 is 5.32 Å². The van der Waals surface area contributed by atoms with E-state index in [1.54, 1.807) is 0 Å². The summed E-state index contributed by atoms with van der Waals surface area (Å²) < 4.78 is 31.3. The molecule has 0 amide bonds. The Morgan fingerprint density at radius 1 is 1.17 bits per heavy atom. The van der Waals surface area contributed by atoms with Crippen LogP contribution in [0.15, 0.2) is 18.2 Å². The largest absolute Gasteiger partial charge is 0.377 e. The first kappa shape index (κ1) is 13.4. The zero-order chi connectivity index (χ0) is 12.8. The van der Waals surface area contributed by atoms with Gasteiger partial charge in [-0.3, -0.25) is 0 Å². The Balaban J connectivity index is 1.68. The molecule has 1 heterocycles.